The average Bonchev–Trinajstić information content (AvgIpc) is 3.63. The molecule has 0 saturated carbocycles. The molecule has 0 atom stereocenters. The second-order valence-electron chi connectivity index (χ2n) is 10.7. The zero-order chi connectivity index (χ0) is 27.6. The summed E-state index contributed by atoms with van der Waals surface area (Å²) in [7, 11) is 0. The number of hydrogen-bond donors (Lipinski definition) is 0. The van der Waals surface area contributed by atoms with E-state index in [4.69, 9.17) is 19.4 Å². The van der Waals surface area contributed by atoms with Gasteiger partial charge in [0.2, 0.25) is 0 Å². The lowest BCUT2D eigenvalue weighted by molar-refractivity contribution is 0.669. The molecule has 3 aromatic heterocycles. The van der Waals surface area contributed by atoms with Gasteiger partial charge in [0.15, 0.2) is 17.5 Å². The molecule has 4 nitrogen and oxygen atoms in total. The van der Waals surface area contributed by atoms with Crippen LogP contribution in [0, 0.1) is 0 Å². The van der Waals surface area contributed by atoms with Crippen LogP contribution >= 0.6 is 11.3 Å². The van der Waals surface area contributed by atoms with E-state index in [0.29, 0.717) is 17.5 Å². The van der Waals surface area contributed by atoms with Crippen LogP contribution in [0.5, 0.6) is 0 Å². The van der Waals surface area contributed by atoms with Gasteiger partial charge in [-0.25, -0.2) is 15.0 Å². The van der Waals surface area contributed by atoms with Crippen molar-refractivity contribution in [2.75, 3.05) is 0 Å². The number of benzene rings is 5. The van der Waals surface area contributed by atoms with Crippen LogP contribution in [-0.2, 0) is 6.42 Å². The van der Waals surface area contributed by atoms with Gasteiger partial charge >= 0.3 is 0 Å². The summed E-state index contributed by atoms with van der Waals surface area (Å²) in [6.07, 6.45) is 4.28. The summed E-state index contributed by atoms with van der Waals surface area (Å²) in [5, 5.41) is 5.76. The van der Waals surface area contributed by atoms with E-state index in [9.17, 15) is 0 Å². The second-order valence-corrected chi connectivity index (χ2v) is 11.8. The smallest absolute Gasteiger partial charge is 0.165 e. The Balaban J connectivity index is 1.31. The minimum atomic E-state index is 0.648. The van der Waals surface area contributed by atoms with Gasteiger partial charge in [-0.2, -0.15) is 0 Å². The Hall–Kier alpha value is -5.13. The standard InChI is InChI=1S/C37H23N3OS/c1-2-10-23-21-24(20-19-22(23)9-1)35-38-36(28-14-8-17-31-33(28)27-12-3-5-16-30(27)41-31)40-37(39-35)29-15-7-13-26-25-11-4-6-18-32(25)42-34(26)29/h1-6,8-12,14-21H,7,13H2. The molecule has 1 aliphatic carbocycles. The molecule has 198 valence electrons. The lowest BCUT2D eigenvalue weighted by Crippen LogP contribution is -2.06. The summed E-state index contributed by atoms with van der Waals surface area (Å²) in [5.41, 5.74) is 6.07. The highest BCUT2D eigenvalue weighted by Crippen LogP contribution is 2.42. The fraction of sp³-hybridized carbons (Fsp3) is 0.0541. The fourth-order valence-corrected chi connectivity index (χ4v) is 7.53. The number of furan rings is 1. The molecule has 0 unspecified atom stereocenters. The summed E-state index contributed by atoms with van der Waals surface area (Å²) in [6, 6.07) is 37.8. The first-order valence-corrected chi connectivity index (χ1v) is 15.0. The summed E-state index contributed by atoms with van der Waals surface area (Å²) in [5.74, 6) is 2.02. The molecule has 0 aliphatic heterocycles. The lowest BCUT2D eigenvalue weighted by atomic mass is 9.95. The van der Waals surface area contributed by atoms with Gasteiger partial charge < -0.3 is 4.42 Å². The Morgan fingerprint density at radius 1 is 0.619 bits per heavy atom. The van der Waals surface area contributed by atoms with E-state index in [2.05, 4.69) is 84.9 Å². The van der Waals surface area contributed by atoms with Crippen LogP contribution in [0.3, 0.4) is 0 Å². The number of para-hydroxylation sites is 1. The molecule has 0 saturated heterocycles. The number of thiophene rings is 1. The zero-order valence-corrected chi connectivity index (χ0v) is 23.4. The molecular formula is C37H23N3OS. The van der Waals surface area contributed by atoms with Crippen molar-refractivity contribution in [3.05, 3.63) is 132 Å². The maximum Gasteiger partial charge on any atom is 0.165 e. The van der Waals surface area contributed by atoms with Gasteiger partial charge in [-0.1, -0.05) is 91.0 Å². The molecule has 0 spiro atoms. The average molecular weight is 558 g/mol. The maximum atomic E-state index is 6.22. The highest BCUT2D eigenvalue weighted by atomic mass is 32.1. The molecule has 1 aliphatic rings. The van der Waals surface area contributed by atoms with Crippen LogP contribution in [0.25, 0.3) is 71.1 Å². The molecule has 0 N–H and O–H groups in total. The van der Waals surface area contributed by atoms with Gasteiger partial charge in [0, 0.05) is 37.0 Å². The predicted octanol–water partition coefficient (Wildman–Crippen LogP) is 9.85. The normalized spacial score (nSPS) is 13.2. The summed E-state index contributed by atoms with van der Waals surface area (Å²) >= 11 is 1.83. The van der Waals surface area contributed by atoms with Crippen molar-refractivity contribution in [1.29, 1.82) is 0 Å². The van der Waals surface area contributed by atoms with Gasteiger partial charge in [0.1, 0.15) is 11.2 Å². The number of nitrogens with zero attached hydrogens (tertiary/aromatic N) is 3. The fourth-order valence-electron chi connectivity index (χ4n) is 6.25. The molecule has 5 aromatic carbocycles. The maximum absolute atomic E-state index is 6.22. The first kappa shape index (κ1) is 23.6. The predicted molar refractivity (Wildman–Crippen MR) is 173 cm³/mol. The van der Waals surface area contributed by atoms with Crippen molar-refractivity contribution in [2.45, 2.75) is 12.8 Å². The minimum absolute atomic E-state index is 0.648. The van der Waals surface area contributed by atoms with Gasteiger partial charge in [-0.15, -0.1) is 11.3 Å². The Labute approximate surface area is 245 Å². The number of aryl methyl sites for hydroxylation is 1. The van der Waals surface area contributed by atoms with Crippen LogP contribution in [0.4, 0.5) is 0 Å². The number of fused-ring (bicyclic) bond motifs is 7. The molecule has 42 heavy (non-hydrogen) atoms. The van der Waals surface area contributed by atoms with Gasteiger partial charge in [-0.3, -0.25) is 0 Å². The molecule has 0 radical (unpaired) electrons. The van der Waals surface area contributed by atoms with E-state index in [0.717, 1.165) is 56.9 Å². The molecule has 5 heteroatoms. The zero-order valence-electron chi connectivity index (χ0n) is 22.5. The Morgan fingerprint density at radius 3 is 2.33 bits per heavy atom. The van der Waals surface area contributed by atoms with Crippen molar-refractivity contribution < 1.29 is 4.42 Å². The van der Waals surface area contributed by atoms with Crippen LogP contribution in [-0.4, -0.2) is 15.0 Å². The second kappa shape index (κ2) is 9.20. The third-order valence-electron chi connectivity index (χ3n) is 8.21. The van der Waals surface area contributed by atoms with Crippen molar-refractivity contribution in [3.8, 4) is 22.8 Å². The SMILES string of the molecule is C1=C(c2nc(-c3ccc4ccccc4c3)nc(-c3cccc4oc5ccccc5c34)n2)c2sc3ccccc3c2CC1. The Kier molecular flexibility index (Phi) is 5.16. The highest BCUT2D eigenvalue weighted by Gasteiger charge is 2.24. The van der Waals surface area contributed by atoms with Crippen molar-refractivity contribution in [3.63, 3.8) is 0 Å². The summed E-state index contributed by atoms with van der Waals surface area (Å²) < 4.78 is 7.52. The van der Waals surface area contributed by atoms with Crippen molar-refractivity contribution in [1.82, 2.24) is 15.0 Å². The first-order chi connectivity index (χ1) is 20.8. The van der Waals surface area contributed by atoms with E-state index in [-0.39, 0.29) is 0 Å². The number of hydrogen-bond acceptors (Lipinski definition) is 5. The lowest BCUT2D eigenvalue weighted by Gasteiger charge is -2.15. The van der Waals surface area contributed by atoms with E-state index in [1.54, 1.807) is 0 Å². The van der Waals surface area contributed by atoms with Gasteiger partial charge in [-0.05, 0) is 58.8 Å². The van der Waals surface area contributed by atoms with Crippen LogP contribution in [0.15, 0.2) is 120 Å². The van der Waals surface area contributed by atoms with Crippen molar-refractivity contribution in [2.24, 2.45) is 0 Å². The Morgan fingerprint density at radius 2 is 1.38 bits per heavy atom. The summed E-state index contributed by atoms with van der Waals surface area (Å²) in [4.78, 5) is 16.7. The molecule has 8 aromatic rings. The molecule has 3 heterocycles. The summed E-state index contributed by atoms with van der Waals surface area (Å²) in [6.45, 7) is 0. The van der Waals surface area contributed by atoms with E-state index in [1.807, 2.05) is 41.7 Å². The quantitative estimate of drug-likeness (QED) is 0.217. The van der Waals surface area contributed by atoms with Crippen LogP contribution < -0.4 is 0 Å². The third-order valence-corrected chi connectivity index (χ3v) is 9.46. The molecule has 0 bridgehead atoms. The minimum Gasteiger partial charge on any atom is -0.456 e. The van der Waals surface area contributed by atoms with Gasteiger partial charge in [0.25, 0.3) is 0 Å². The third kappa shape index (κ3) is 3.64. The van der Waals surface area contributed by atoms with Crippen LogP contribution in [0.2, 0.25) is 0 Å². The molecule has 9 rings (SSSR count). The van der Waals surface area contributed by atoms with E-state index < -0.39 is 0 Å². The number of allylic oxidation sites excluding steroid dienone is 1. The topological polar surface area (TPSA) is 51.8 Å². The van der Waals surface area contributed by atoms with Crippen molar-refractivity contribution >= 4 is 59.7 Å². The van der Waals surface area contributed by atoms with Gasteiger partial charge in [0.05, 0.1) is 0 Å². The Bertz CT molecular complexity index is 2380. The monoisotopic (exact) mass is 557 g/mol. The van der Waals surface area contributed by atoms with E-state index >= 15 is 0 Å². The largest absolute Gasteiger partial charge is 0.456 e. The highest BCUT2D eigenvalue weighted by molar-refractivity contribution is 7.20. The number of rotatable bonds is 3. The number of aromatic nitrogens is 3. The molecule has 0 fully saturated rings. The molecule has 0 amide bonds. The van der Waals surface area contributed by atoms with E-state index in [1.165, 1.54) is 25.9 Å². The van der Waals surface area contributed by atoms with Crippen LogP contribution in [0.1, 0.15) is 22.7 Å². The molecular weight excluding hydrogens is 534 g/mol. The first-order valence-electron chi connectivity index (χ1n) is 14.2.